The zero-order valence-corrected chi connectivity index (χ0v) is 9.25. The van der Waals surface area contributed by atoms with Crippen molar-refractivity contribution in [2.24, 2.45) is 17.6 Å². The summed E-state index contributed by atoms with van der Waals surface area (Å²) < 4.78 is 0. The normalized spacial score (nSPS) is 30.4. The van der Waals surface area contributed by atoms with Crippen LogP contribution in [0.25, 0.3) is 0 Å². The minimum Gasteiger partial charge on any atom is -0.396 e. The lowest BCUT2D eigenvalue weighted by Crippen LogP contribution is -2.11. The molecule has 0 aliphatic heterocycles. The van der Waals surface area contributed by atoms with Gasteiger partial charge in [0.25, 0.3) is 0 Å². The topological polar surface area (TPSA) is 46.2 Å². The second kappa shape index (κ2) is 7.24. The molecule has 0 spiro atoms. The predicted octanol–water partition coefficient (Wildman–Crippen LogP) is 2.30. The van der Waals surface area contributed by atoms with Gasteiger partial charge in [0.15, 0.2) is 0 Å². The quantitative estimate of drug-likeness (QED) is 0.732. The van der Waals surface area contributed by atoms with Crippen molar-refractivity contribution in [3.63, 3.8) is 0 Å². The van der Waals surface area contributed by atoms with E-state index in [4.69, 9.17) is 5.73 Å². The molecule has 2 unspecified atom stereocenters. The summed E-state index contributed by atoms with van der Waals surface area (Å²) in [4.78, 5) is 0. The Morgan fingerprint density at radius 3 is 2.21 bits per heavy atom. The van der Waals surface area contributed by atoms with Gasteiger partial charge in [0.1, 0.15) is 0 Å². The molecule has 0 heterocycles. The van der Waals surface area contributed by atoms with Gasteiger partial charge in [-0.2, -0.15) is 0 Å². The predicted molar refractivity (Wildman–Crippen MR) is 60.1 cm³/mol. The Morgan fingerprint density at radius 1 is 0.929 bits per heavy atom. The minimum absolute atomic E-state index is 0.384. The second-order valence-electron chi connectivity index (χ2n) is 4.71. The fourth-order valence-corrected chi connectivity index (χ4v) is 2.51. The maximum absolute atomic E-state index is 9.19. The van der Waals surface area contributed by atoms with E-state index in [-0.39, 0.29) is 0 Å². The lowest BCUT2D eigenvalue weighted by atomic mass is 9.91. The SMILES string of the molecule is NCCC1CCCCCC(CO)CC1. The molecule has 14 heavy (non-hydrogen) atoms. The van der Waals surface area contributed by atoms with Crippen LogP contribution in [0, 0.1) is 11.8 Å². The van der Waals surface area contributed by atoms with E-state index in [9.17, 15) is 5.11 Å². The number of aliphatic hydroxyl groups excluding tert-OH is 1. The molecule has 0 radical (unpaired) electrons. The van der Waals surface area contributed by atoms with Crippen LogP contribution in [0.3, 0.4) is 0 Å². The molecule has 2 nitrogen and oxygen atoms in total. The Hall–Kier alpha value is -0.0800. The van der Waals surface area contributed by atoms with Crippen LogP contribution in [0.1, 0.15) is 51.4 Å². The molecule has 0 aromatic carbocycles. The first-order valence-electron chi connectivity index (χ1n) is 6.17. The number of hydrogen-bond donors (Lipinski definition) is 2. The van der Waals surface area contributed by atoms with Crippen molar-refractivity contribution in [1.29, 1.82) is 0 Å². The first kappa shape index (κ1) is 12.0. The summed E-state index contributed by atoms with van der Waals surface area (Å²) in [6, 6.07) is 0. The molecule has 1 saturated carbocycles. The van der Waals surface area contributed by atoms with Gasteiger partial charge in [-0.15, -0.1) is 0 Å². The molecule has 0 aromatic heterocycles. The van der Waals surface area contributed by atoms with Crippen LogP contribution in [-0.4, -0.2) is 18.3 Å². The van der Waals surface area contributed by atoms with Crippen LogP contribution >= 0.6 is 0 Å². The van der Waals surface area contributed by atoms with E-state index in [2.05, 4.69) is 0 Å². The van der Waals surface area contributed by atoms with Crippen molar-refractivity contribution in [2.75, 3.05) is 13.2 Å². The average Bonchev–Trinajstić information content (AvgIpc) is 2.31. The highest BCUT2D eigenvalue weighted by atomic mass is 16.3. The van der Waals surface area contributed by atoms with Gasteiger partial charge in [-0.3, -0.25) is 0 Å². The molecule has 1 aliphatic carbocycles. The van der Waals surface area contributed by atoms with E-state index in [1.165, 1.54) is 51.4 Å². The molecular weight excluding hydrogens is 174 g/mol. The zero-order valence-electron chi connectivity index (χ0n) is 9.25. The smallest absolute Gasteiger partial charge is 0.0459 e. The maximum atomic E-state index is 9.19. The molecular formula is C12H25NO. The Bertz CT molecular complexity index is 138. The van der Waals surface area contributed by atoms with Crippen LogP contribution in [0.15, 0.2) is 0 Å². The lowest BCUT2D eigenvalue weighted by Gasteiger charge is -2.17. The van der Waals surface area contributed by atoms with Gasteiger partial charge >= 0.3 is 0 Å². The van der Waals surface area contributed by atoms with E-state index in [0.717, 1.165) is 12.5 Å². The Labute approximate surface area is 87.9 Å². The van der Waals surface area contributed by atoms with E-state index in [0.29, 0.717) is 12.5 Å². The molecule has 0 bridgehead atoms. The first-order chi connectivity index (χ1) is 6.86. The van der Waals surface area contributed by atoms with Crippen LogP contribution in [0.4, 0.5) is 0 Å². The highest BCUT2D eigenvalue weighted by molar-refractivity contribution is 4.68. The van der Waals surface area contributed by atoms with Gasteiger partial charge in [0.05, 0.1) is 0 Å². The van der Waals surface area contributed by atoms with Gasteiger partial charge < -0.3 is 10.8 Å². The Balaban J connectivity index is 2.32. The molecule has 1 aliphatic rings. The second-order valence-corrected chi connectivity index (χ2v) is 4.71. The van der Waals surface area contributed by atoms with Crippen LogP contribution < -0.4 is 5.73 Å². The monoisotopic (exact) mass is 199 g/mol. The largest absolute Gasteiger partial charge is 0.396 e. The molecule has 0 aromatic rings. The number of aliphatic hydroxyl groups is 1. The van der Waals surface area contributed by atoms with Gasteiger partial charge in [-0.1, -0.05) is 32.1 Å². The van der Waals surface area contributed by atoms with Gasteiger partial charge in [0.2, 0.25) is 0 Å². The third kappa shape index (κ3) is 4.43. The van der Waals surface area contributed by atoms with E-state index >= 15 is 0 Å². The summed E-state index contributed by atoms with van der Waals surface area (Å²) in [5, 5.41) is 9.19. The lowest BCUT2D eigenvalue weighted by molar-refractivity contribution is 0.201. The number of rotatable bonds is 3. The van der Waals surface area contributed by atoms with Gasteiger partial charge in [-0.05, 0) is 37.6 Å². The van der Waals surface area contributed by atoms with Crippen molar-refractivity contribution in [3.05, 3.63) is 0 Å². The Morgan fingerprint density at radius 2 is 1.57 bits per heavy atom. The third-order valence-electron chi connectivity index (χ3n) is 3.54. The van der Waals surface area contributed by atoms with Crippen molar-refractivity contribution in [1.82, 2.24) is 0 Å². The third-order valence-corrected chi connectivity index (χ3v) is 3.54. The molecule has 1 rings (SSSR count). The highest BCUT2D eigenvalue weighted by Gasteiger charge is 2.14. The van der Waals surface area contributed by atoms with Crippen LogP contribution in [-0.2, 0) is 0 Å². The summed E-state index contributed by atoms with van der Waals surface area (Å²) in [6.45, 7) is 1.21. The molecule has 3 N–H and O–H groups in total. The van der Waals surface area contributed by atoms with Crippen molar-refractivity contribution in [3.8, 4) is 0 Å². The maximum Gasteiger partial charge on any atom is 0.0459 e. The minimum atomic E-state index is 0.384. The number of hydrogen-bond acceptors (Lipinski definition) is 2. The fraction of sp³-hybridized carbons (Fsp3) is 1.00. The average molecular weight is 199 g/mol. The van der Waals surface area contributed by atoms with Crippen molar-refractivity contribution in [2.45, 2.75) is 51.4 Å². The van der Waals surface area contributed by atoms with E-state index in [1.807, 2.05) is 0 Å². The molecule has 0 saturated heterocycles. The van der Waals surface area contributed by atoms with Crippen LogP contribution in [0.2, 0.25) is 0 Å². The van der Waals surface area contributed by atoms with Gasteiger partial charge in [-0.25, -0.2) is 0 Å². The van der Waals surface area contributed by atoms with Gasteiger partial charge in [0, 0.05) is 6.61 Å². The highest BCUT2D eigenvalue weighted by Crippen LogP contribution is 2.26. The summed E-state index contributed by atoms with van der Waals surface area (Å²) in [5.74, 6) is 1.39. The standard InChI is InChI=1S/C12H25NO/c13-9-8-11-4-2-1-3-5-12(10-14)7-6-11/h11-12,14H,1-10,13H2. The number of nitrogens with two attached hydrogens (primary N) is 1. The first-order valence-corrected chi connectivity index (χ1v) is 6.17. The summed E-state index contributed by atoms with van der Waals surface area (Å²) in [6.07, 6.45) is 10.3. The molecule has 2 heteroatoms. The molecule has 1 fully saturated rings. The van der Waals surface area contributed by atoms with E-state index < -0.39 is 0 Å². The van der Waals surface area contributed by atoms with E-state index in [1.54, 1.807) is 0 Å². The zero-order chi connectivity index (χ0) is 10.2. The molecule has 2 atom stereocenters. The molecule has 0 amide bonds. The molecule has 84 valence electrons. The summed E-state index contributed by atoms with van der Waals surface area (Å²) in [7, 11) is 0. The fourth-order valence-electron chi connectivity index (χ4n) is 2.51. The van der Waals surface area contributed by atoms with Crippen molar-refractivity contribution >= 4 is 0 Å². The van der Waals surface area contributed by atoms with Crippen molar-refractivity contribution < 1.29 is 5.11 Å². The van der Waals surface area contributed by atoms with Crippen LogP contribution in [0.5, 0.6) is 0 Å². The Kier molecular flexibility index (Phi) is 6.20. The summed E-state index contributed by atoms with van der Waals surface area (Å²) >= 11 is 0. The summed E-state index contributed by atoms with van der Waals surface area (Å²) in [5.41, 5.74) is 5.61.